The van der Waals surface area contributed by atoms with Crippen LogP contribution in [-0.2, 0) is 24.2 Å². The molecular formula is C10H18O6S. The highest BCUT2D eigenvalue weighted by Gasteiger charge is 2.42. The first-order chi connectivity index (χ1) is 7.69. The molecule has 0 aromatic heterocycles. The van der Waals surface area contributed by atoms with Crippen molar-refractivity contribution in [3.05, 3.63) is 0 Å². The van der Waals surface area contributed by atoms with Crippen LogP contribution in [0.4, 0.5) is 0 Å². The number of hydrogen-bond acceptors (Lipinski definition) is 5. The van der Waals surface area contributed by atoms with Crippen LogP contribution in [0.2, 0.25) is 0 Å². The molecule has 0 aliphatic carbocycles. The summed E-state index contributed by atoms with van der Waals surface area (Å²) in [5.41, 5.74) is -1.68. The fraction of sp³-hybridized carbons (Fsp3) is 0.800. The molecule has 0 spiro atoms. The van der Waals surface area contributed by atoms with Gasteiger partial charge in [-0.05, 0) is 19.8 Å². The van der Waals surface area contributed by atoms with Gasteiger partial charge in [-0.15, -0.1) is 0 Å². The average Bonchev–Trinajstić information content (AvgIpc) is 2.27. The Labute approximate surface area is 101 Å². The summed E-state index contributed by atoms with van der Waals surface area (Å²) in [5, 5.41) is 8.97. The lowest BCUT2D eigenvalue weighted by Crippen LogP contribution is -2.37. The average molecular weight is 266 g/mol. The molecule has 0 heterocycles. The van der Waals surface area contributed by atoms with E-state index in [4.69, 9.17) is 5.11 Å². The van der Waals surface area contributed by atoms with Crippen molar-refractivity contribution in [2.24, 2.45) is 5.41 Å². The van der Waals surface area contributed by atoms with E-state index < -0.39 is 27.2 Å². The Morgan fingerprint density at radius 3 is 2.24 bits per heavy atom. The lowest BCUT2D eigenvalue weighted by molar-refractivity contribution is -0.166. The Morgan fingerprint density at radius 2 is 1.88 bits per heavy atom. The summed E-state index contributed by atoms with van der Waals surface area (Å²) >= 11 is 0. The second kappa shape index (κ2) is 6.00. The van der Waals surface area contributed by atoms with Gasteiger partial charge in [0.1, 0.15) is 9.84 Å². The monoisotopic (exact) mass is 266 g/mol. The van der Waals surface area contributed by atoms with E-state index >= 15 is 0 Å². The van der Waals surface area contributed by atoms with Crippen molar-refractivity contribution >= 4 is 21.8 Å². The lowest BCUT2D eigenvalue weighted by atomic mass is 9.86. The maximum absolute atomic E-state index is 11.3. The van der Waals surface area contributed by atoms with Crippen molar-refractivity contribution in [1.29, 1.82) is 0 Å². The van der Waals surface area contributed by atoms with Gasteiger partial charge < -0.3 is 9.84 Å². The highest BCUT2D eigenvalue weighted by Crippen LogP contribution is 2.25. The molecule has 0 saturated heterocycles. The molecule has 0 aromatic carbocycles. The Morgan fingerprint density at radius 1 is 1.35 bits per heavy atom. The second-order valence-corrected chi connectivity index (χ2v) is 6.44. The molecule has 1 atom stereocenters. The normalized spacial score (nSPS) is 15.0. The molecule has 1 unspecified atom stereocenters. The van der Waals surface area contributed by atoms with Crippen molar-refractivity contribution in [3.63, 3.8) is 0 Å². The molecule has 1 N–H and O–H groups in total. The van der Waals surface area contributed by atoms with Gasteiger partial charge >= 0.3 is 11.9 Å². The first-order valence-corrected chi connectivity index (χ1v) is 7.04. The van der Waals surface area contributed by atoms with Crippen LogP contribution in [-0.4, -0.2) is 44.1 Å². The number of esters is 1. The molecule has 0 aliphatic rings. The quantitative estimate of drug-likeness (QED) is 0.531. The van der Waals surface area contributed by atoms with Gasteiger partial charge in [-0.2, -0.15) is 0 Å². The molecule has 0 rings (SSSR count). The van der Waals surface area contributed by atoms with Crippen molar-refractivity contribution in [1.82, 2.24) is 0 Å². The third-order valence-electron chi connectivity index (χ3n) is 2.68. The van der Waals surface area contributed by atoms with Crippen LogP contribution in [0, 0.1) is 5.41 Å². The number of carboxylic acid groups (broad SMARTS) is 1. The van der Waals surface area contributed by atoms with E-state index in [-0.39, 0.29) is 24.3 Å². The van der Waals surface area contributed by atoms with Gasteiger partial charge in [0.05, 0.1) is 12.9 Å². The highest BCUT2D eigenvalue weighted by molar-refractivity contribution is 7.91. The summed E-state index contributed by atoms with van der Waals surface area (Å²) in [5.74, 6) is -2.28. The maximum atomic E-state index is 11.3. The Bertz CT molecular complexity index is 386. The third kappa shape index (κ3) is 4.33. The van der Waals surface area contributed by atoms with Gasteiger partial charge in [0.2, 0.25) is 0 Å². The maximum Gasteiger partial charge on any atom is 0.322 e. The second-order valence-electron chi connectivity index (χ2n) is 3.97. The molecular weight excluding hydrogens is 248 g/mol. The number of sulfone groups is 1. The standard InChI is InChI=1S/C10H18O6S/c1-4-17(14,15)7-5-6-10(2,8(11)12)9(13)16-3/h4-7H2,1-3H3,(H,11,12). The van der Waals surface area contributed by atoms with Crippen LogP contribution in [0.15, 0.2) is 0 Å². The van der Waals surface area contributed by atoms with Gasteiger partial charge in [0.15, 0.2) is 5.41 Å². The predicted molar refractivity (Wildman–Crippen MR) is 61.3 cm³/mol. The van der Waals surface area contributed by atoms with Crippen LogP contribution in [0.3, 0.4) is 0 Å². The summed E-state index contributed by atoms with van der Waals surface area (Å²) in [7, 11) is -2.04. The molecule has 6 nitrogen and oxygen atoms in total. The molecule has 0 aliphatic heterocycles. The zero-order valence-electron chi connectivity index (χ0n) is 10.2. The van der Waals surface area contributed by atoms with Crippen molar-refractivity contribution in [2.45, 2.75) is 26.7 Å². The minimum atomic E-state index is -3.15. The molecule has 0 fully saturated rings. The summed E-state index contributed by atoms with van der Waals surface area (Å²) in [6, 6.07) is 0. The van der Waals surface area contributed by atoms with Crippen LogP contribution in [0.25, 0.3) is 0 Å². The third-order valence-corrected chi connectivity index (χ3v) is 4.47. The van der Waals surface area contributed by atoms with E-state index in [1.165, 1.54) is 13.8 Å². The van der Waals surface area contributed by atoms with E-state index in [0.29, 0.717) is 0 Å². The van der Waals surface area contributed by atoms with Crippen LogP contribution >= 0.6 is 0 Å². The highest BCUT2D eigenvalue weighted by atomic mass is 32.2. The largest absolute Gasteiger partial charge is 0.480 e. The number of hydrogen-bond donors (Lipinski definition) is 1. The molecule has 0 saturated carbocycles. The van der Waals surface area contributed by atoms with Gasteiger partial charge in [0.25, 0.3) is 0 Å². The minimum absolute atomic E-state index is 0.00894. The number of carboxylic acids is 1. The van der Waals surface area contributed by atoms with Crippen LogP contribution in [0.5, 0.6) is 0 Å². The molecule has 100 valence electrons. The van der Waals surface area contributed by atoms with Crippen molar-refractivity contribution in [2.75, 3.05) is 18.6 Å². The molecule has 0 aromatic rings. The zero-order chi connectivity index (χ0) is 13.7. The van der Waals surface area contributed by atoms with Gasteiger partial charge in [-0.3, -0.25) is 9.59 Å². The minimum Gasteiger partial charge on any atom is -0.480 e. The Kier molecular flexibility index (Phi) is 5.60. The van der Waals surface area contributed by atoms with Crippen LogP contribution in [0.1, 0.15) is 26.7 Å². The van der Waals surface area contributed by atoms with Crippen molar-refractivity contribution < 1.29 is 27.9 Å². The topological polar surface area (TPSA) is 97.7 Å². The van der Waals surface area contributed by atoms with Gasteiger partial charge in [0, 0.05) is 5.75 Å². The summed E-state index contributed by atoms with van der Waals surface area (Å²) < 4.78 is 26.9. The van der Waals surface area contributed by atoms with Crippen LogP contribution < -0.4 is 0 Å². The van der Waals surface area contributed by atoms with E-state index in [1.807, 2.05) is 0 Å². The number of carbonyl (C=O) groups is 2. The van der Waals surface area contributed by atoms with E-state index in [2.05, 4.69) is 4.74 Å². The Balaban J connectivity index is 4.61. The number of carbonyl (C=O) groups excluding carboxylic acids is 1. The molecule has 17 heavy (non-hydrogen) atoms. The van der Waals surface area contributed by atoms with Crippen molar-refractivity contribution in [3.8, 4) is 0 Å². The summed E-state index contributed by atoms with van der Waals surface area (Å²) in [6.07, 6.45) is 0.0578. The molecule has 0 amide bonds. The smallest absolute Gasteiger partial charge is 0.322 e. The van der Waals surface area contributed by atoms with Gasteiger partial charge in [-0.25, -0.2) is 8.42 Å². The fourth-order valence-electron chi connectivity index (χ4n) is 1.31. The van der Waals surface area contributed by atoms with E-state index in [0.717, 1.165) is 7.11 Å². The lowest BCUT2D eigenvalue weighted by Gasteiger charge is -2.21. The summed E-state index contributed by atoms with van der Waals surface area (Å²) in [4.78, 5) is 22.3. The van der Waals surface area contributed by atoms with Gasteiger partial charge in [-0.1, -0.05) is 6.92 Å². The molecule has 0 bridgehead atoms. The Hall–Kier alpha value is -1.11. The first kappa shape index (κ1) is 15.9. The SMILES string of the molecule is CCS(=O)(=O)CCCC(C)(C(=O)O)C(=O)OC. The van der Waals surface area contributed by atoms with E-state index in [1.54, 1.807) is 0 Å². The fourth-order valence-corrected chi connectivity index (χ4v) is 2.18. The zero-order valence-corrected chi connectivity index (χ0v) is 11.0. The molecule has 7 heteroatoms. The number of ether oxygens (including phenoxy) is 1. The predicted octanol–water partition coefficient (Wildman–Crippen LogP) is 0.465. The molecule has 0 radical (unpaired) electrons. The number of rotatable bonds is 7. The summed E-state index contributed by atoms with van der Waals surface area (Å²) in [6.45, 7) is 2.76. The number of methoxy groups -OCH3 is 1. The van der Waals surface area contributed by atoms with E-state index in [9.17, 15) is 18.0 Å². The number of aliphatic carboxylic acids is 1. The first-order valence-electron chi connectivity index (χ1n) is 5.22.